The molecule has 0 aliphatic carbocycles. The number of methoxy groups -OCH3 is 1. The first-order valence-electron chi connectivity index (χ1n) is 9.85. The topological polar surface area (TPSA) is 95.0 Å². The normalized spacial score (nSPS) is 26.7. The maximum atomic E-state index is 13.8. The van der Waals surface area contributed by atoms with E-state index >= 15 is 0 Å². The predicted molar refractivity (Wildman–Crippen MR) is 118 cm³/mol. The molecule has 5 atom stereocenters. The molecule has 1 fully saturated rings. The van der Waals surface area contributed by atoms with Gasteiger partial charge >= 0.3 is 197 Å². The average Bonchev–Trinajstić information content (AvgIpc) is 3.22. The number of pyridine rings is 1. The van der Waals surface area contributed by atoms with E-state index in [2.05, 4.69) is 20.9 Å². The molecule has 2 aromatic carbocycles. The van der Waals surface area contributed by atoms with E-state index < -0.39 is 41.7 Å². The summed E-state index contributed by atoms with van der Waals surface area (Å²) in [6.07, 6.45) is 0.509. The van der Waals surface area contributed by atoms with Crippen molar-refractivity contribution in [2.45, 2.75) is 21.1 Å². The summed E-state index contributed by atoms with van der Waals surface area (Å²) in [5.41, 5.74) is 0.916. The molecule has 5 rings (SSSR count). The molecule has 3 heterocycles. The van der Waals surface area contributed by atoms with Crippen LogP contribution in [0.5, 0.6) is 17.2 Å². The van der Waals surface area contributed by atoms with Gasteiger partial charge in [0.1, 0.15) is 0 Å². The second-order valence-corrected chi connectivity index (χ2v) is 12.4. The molecule has 5 unspecified atom stereocenters. The molecular weight excluding hydrogens is 541 g/mol. The number of fused-ring (bicyclic) bond motifs is 3. The van der Waals surface area contributed by atoms with Crippen LogP contribution >= 0.6 is 15.9 Å². The van der Waals surface area contributed by atoms with E-state index in [0.717, 1.165) is 10.0 Å². The number of aliphatic hydroxyl groups is 1. The number of carbonyl (C=O) groups is 1. The fraction of sp³-hybridized carbons (Fsp3) is 0.217. The van der Waals surface area contributed by atoms with Gasteiger partial charge in [-0.1, -0.05) is 0 Å². The van der Waals surface area contributed by atoms with Gasteiger partial charge in [0.2, 0.25) is 0 Å². The van der Waals surface area contributed by atoms with Gasteiger partial charge in [-0.25, -0.2) is 0 Å². The SMILES string of the molecule is COc1cnc2c(c1)OC1C(c3ccccc3)C(C(=O)Oc3ccc(Br)cc3)[As](=O)C21O. The first-order valence-corrected chi connectivity index (χ1v) is 13.4. The third kappa shape index (κ3) is 3.29. The molecule has 1 radical (unpaired) electrons. The molecule has 32 heavy (non-hydrogen) atoms. The zero-order chi connectivity index (χ0) is 22.5. The summed E-state index contributed by atoms with van der Waals surface area (Å²) in [5.74, 6) is -0.215. The minimum absolute atomic E-state index is 0.179. The predicted octanol–water partition coefficient (Wildman–Crippen LogP) is 3.54. The number of rotatable bonds is 4. The third-order valence-electron chi connectivity index (χ3n) is 5.78. The van der Waals surface area contributed by atoms with Crippen LogP contribution in [0.1, 0.15) is 17.2 Å². The Labute approximate surface area is 197 Å². The van der Waals surface area contributed by atoms with Crippen molar-refractivity contribution < 1.29 is 27.9 Å². The van der Waals surface area contributed by atoms with Crippen molar-refractivity contribution >= 4 is 36.5 Å². The number of hydrogen-bond donors (Lipinski definition) is 1. The average molecular weight is 559 g/mol. The second-order valence-electron chi connectivity index (χ2n) is 7.57. The standard InChI is InChI=1S/C23H18AsBrNO6/c1-30-16-11-17-20(26-12-16)23(28)21(32-17)18(13-5-3-2-4-6-13)19(24(23)29)22(27)31-15-9-7-14(25)8-10-15/h2-12,18-19,21,28H,1H3. The zero-order valence-electron chi connectivity index (χ0n) is 16.8. The number of aromatic nitrogens is 1. The fourth-order valence-corrected chi connectivity index (χ4v) is 9.02. The molecular formula is C23H18AsBrNO6. The Kier molecular flexibility index (Phi) is 5.40. The van der Waals surface area contributed by atoms with Crippen molar-refractivity contribution in [2.75, 3.05) is 7.11 Å². The van der Waals surface area contributed by atoms with Crippen LogP contribution in [-0.4, -0.2) is 43.9 Å². The van der Waals surface area contributed by atoms with Crippen LogP contribution in [-0.2, 0) is 12.9 Å². The number of esters is 1. The summed E-state index contributed by atoms with van der Waals surface area (Å²) < 4.78 is 28.6. The van der Waals surface area contributed by atoms with Crippen LogP contribution < -0.4 is 14.2 Å². The van der Waals surface area contributed by atoms with Crippen LogP contribution in [0.4, 0.5) is 0 Å². The van der Waals surface area contributed by atoms with Crippen LogP contribution in [0, 0.1) is 0 Å². The van der Waals surface area contributed by atoms with Gasteiger partial charge in [0.25, 0.3) is 0 Å². The molecule has 0 bridgehead atoms. The Bertz CT molecular complexity index is 1200. The van der Waals surface area contributed by atoms with Crippen molar-refractivity contribution in [3.8, 4) is 17.2 Å². The van der Waals surface area contributed by atoms with Crippen LogP contribution in [0.25, 0.3) is 0 Å². The van der Waals surface area contributed by atoms with Gasteiger partial charge in [0.15, 0.2) is 0 Å². The van der Waals surface area contributed by atoms with Crippen molar-refractivity contribution in [3.63, 3.8) is 0 Å². The number of nitrogens with zero attached hydrogens (tertiary/aromatic N) is 1. The molecule has 1 N–H and O–H groups in total. The Balaban J connectivity index is 1.58. The van der Waals surface area contributed by atoms with Crippen LogP contribution in [0.15, 0.2) is 71.3 Å². The molecule has 1 aromatic heterocycles. The Morgan fingerprint density at radius 3 is 2.56 bits per heavy atom. The molecule has 0 spiro atoms. The summed E-state index contributed by atoms with van der Waals surface area (Å²) in [6, 6.07) is 17.6. The summed E-state index contributed by atoms with van der Waals surface area (Å²) >= 11 is -0.238. The Morgan fingerprint density at radius 1 is 1.16 bits per heavy atom. The quantitative estimate of drug-likeness (QED) is 0.297. The van der Waals surface area contributed by atoms with Gasteiger partial charge in [0.05, 0.1) is 0 Å². The monoisotopic (exact) mass is 558 g/mol. The summed E-state index contributed by atoms with van der Waals surface area (Å²) in [7, 11) is 1.50. The van der Waals surface area contributed by atoms with Gasteiger partial charge in [-0.15, -0.1) is 0 Å². The van der Waals surface area contributed by atoms with E-state index in [-0.39, 0.29) is 5.69 Å². The molecule has 0 saturated carbocycles. The van der Waals surface area contributed by atoms with Gasteiger partial charge in [-0.3, -0.25) is 0 Å². The van der Waals surface area contributed by atoms with Crippen molar-refractivity contribution in [3.05, 3.63) is 82.6 Å². The van der Waals surface area contributed by atoms with Crippen LogP contribution in [0.3, 0.4) is 0 Å². The molecule has 3 aromatic rings. The van der Waals surface area contributed by atoms with E-state index in [9.17, 15) is 13.6 Å². The first kappa shape index (κ1) is 21.3. The number of ether oxygens (including phenoxy) is 3. The van der Waals surface area contributed by atoms with Crippen LogP contribution in [0.2, 0.25) is 4.71 Å². The number of benzene rings is 2. The zero-order valence-corrected chi connectivity index (χ0v) is 20.3. The second kappa shape index (κ2) is 8.10. The van der Waals surface area contributed by atoms with E-state index in [1.165, 1.54) is 13.3 Å². The van der Waals surface area contributed by atoms with Crippen molar-refractivity contribution in [2.24, 2.45) is 0 Å². The molecule has 0 amide bonds. The molecule has 9 heteroatoms. The molecule has 7 nitrogen and oxygen atoms in total. The molecule has 163 valence electrons. The number of halogens is 1. The van der Waals surface area contributed by atoms with E-state index in [1.807, 2.05) is 30.3 Å². The minimum atomic E-state index is -3.58. The third-order valence-corrected chi connectivity index (χ3v) is 10.9. The summed E-state index contributed by atoms with van der Waals surface area (Å²) in [5, 5.41) is 11.7. The Morgan fingerprint density at radius 2 is 1.88 bits per heavy atom. The van der Waals surface area contributed by atoms with E-state index in [1.54, 1.807) is 30.3 Å². The van der Waals surface area contributed by atoms with Gasteiger partial charge < -0.3 is 0 Å². The van der Waals surface area contributed by atoms with Gasteiger partial charge in [0, 0.05) is 0 Å². The summed E-state index contributed by atoms with van der Waals surface area (Å²) in [6.45, 7) is 0. The first-order chi connectivity index (χ1) is 15.4. The van der Waals surface area contributed by atoms with Gasteiger partial charge in [-0.05, 0) is 0 Å². The molecule has 2 aliphatic heterocycles. The fourth-order valence-electron chi connectivity index (χ4n) is 4.29. The van der Waals surface area contributed by atoms with Crippen molar-refractivity contribution in [1.29, 1.82) is 0 Å². The summed E-state index contributed by atoms with van der Waals surface area (Å²) in [4.78, 5) is 17.6. The molecule has 2 aliphatic rings. The molecule has 1 saturated heterocycles. The number of hydrogen-bond acceptors (Lipinski definition) is 7. The van der Waals surface area contributed by atoms with E-state index in [0.29, 0.717) is 17.2 Å². The van der Waals surface area contributed by atoms with E-state index in [4.69, 9.17) is 14.2 Å². The van der Waals surface area contributed by atoms with Gasteiger partial charge in [-0.2, -0.15) is 0 Å². The number of carbonyl (C=O) groups excluding carboxylic acids is 1. The maximum absolute atomic E-state index is 13.8. The van der Waals surface area contributed by atoms with Crippen molar-refractivity contribution in [1.82, 2.24) is 4.98 Å². The Hall–Kier alpha value is -2.54.